The predicted octanol–water partition coefficient (Wildman–Crippen LogP) is 1.63. The third-order valence-corrected chi connectivity index (χ3v) is 5.06. The monoisotopic (exact) mass is 312 g/mol. The molecule has 0 radical (unpaired) electrons. The van der Waals surface area contributed by atoms with E-state index in [2.05, 4.69) is 17.3 Å². The molecule has 0 unspecified atom stereocenters. The number of hydrogen-bond donors (Lipinski definition) is 2. The van der Waals surface area contributed by atoms with Crippen molar-refractivity contribution in [1.29, 1.82) is 0 Å². The summed E-state index contributed by atoms with van der Waals surface area (Å²) in [6.45, 7) is 0. The second kappa shape index (κ2) is 4.94. The van der Waals surface area contributed by atoms with E-state index >= 15 is 0 Å². The molecular weight excluding hydrogens is 296 g/mol. The van der Waals surface area contributed by atoms with Crippen LogP contribution in [0, 0.1) is 23.7 Å². The Balaban J connectivity index is 1.60. The van der Waals surface area contributed by atoms with Crippen LogP contribution in [0.1, 0.15) is 18.4 Å². The molecule has 0 spiro atoms. The summed E-state index contributed by atoms with van der Waals surface area (Å²) in [7, 11) is 0. The molecule has 2 bridgehead atoms. The van der Waals surface area contributed by atoms with Crippen LogP contribution >= 0.6 is 0 Å². The van der Waals surface area contributed by atoms with E-state index in [-0.39, 0.29) is 47.0 Å². The number of phenols is 2. The average Bonchev–Trinajstić information content (AvgIpc) is 2.83. The number of aromatic hydroxyl groups is 2. The number of rotatable bonds is 2. The van der Waals surface area contributed by atoms with E-state index in [1.165, 1.54) is 18.3 Å². The molecule has 0 aromatic heterocycles. The van der Waals surface area contributed by atoms with Crippen molar-refractivity contribution < 1.29 is 19.8 Å². The molecule has 118 valence electrons. The quantitative estimate of drug-likeness (QED) is 0.376. The highest BCUT2D eigenvalue weighted by atomic mass is 16.3. The molecule has 5 rings (SSSR count). The Morgan fingerprint density at radius 1 is 1.00 bits per heavy atom. The molecule has 1 heterocycles. The van der Waals surface area contributed by atoms with Gasteiger partial charge >= 0.3 is 0 Å². The molecule has 1 aliphatic heterocycles. The predicted molar refractivity (Wildman–Crippen MR) is 81.6 cm³/mol. The van der Waals surface area contributed by atoms with Gasteiger partial charge in [0.15, 0.2) is 11.5 Å². The zero-order valence-corrected chi connectivity index (χ0v) is 12.3. The van der Waals surface area contributed by atoms with Crippen molar-refractivity contribution in [2.24, 2.45) is 28.8 Å². The fraction of sp³-hybridized carbons (Fsp3) is 0.353. The normalized spacial score (nSPS) is 32.1. The summed E-state index contributed by atoms with van der Waals surface area (Å²) in [6.07, 6.45) is 7.37. The van der Waals surface area contributed by atoms with E-state index in [9.17, 15) is 19.8 Å². The molecule has 6 nitrogen and oxygen atoms in total. The number of benzene rings is 1. The lowest BCUT2D eigenvalue weighted by molar-refractivity contribution is -0.140. The van der Waals surface area contributed by atoms with Crippen molar-refractivity contribution in [1.82, 2.24) is 5.01 Å². The highest BCUT2D eigenvalue weighted by Gasteiger charge is 2.56. The SMILES string of the molecule is O=C1[C@@H]2[C@H](C(=O)N1/N=C\c1ccc(O)c(O)c1)[C@H]1C=C[C@H]2CC1. The van der Waals surface area contributed by atoms with Gasteiger partial charge < -0.3 is 10.2 Å². The van der Waals surface area contributed by atoms with Gasteiger partial charge in [-0.05, 0) is 48.4 Å². The van der Waals surface area contributed by atoms with E-state index in [0.29, 0.717) is 5.56 Å². The molecule has 1 saturated heterocycles. The van der Waals surface area contributed by atoms with Gasteiger partial charge in [0.2, 0.25) is 0 Å². The number of fused-ring (bicyclic) bond motifs is 1. The Kier molecular flexibility index (Phi) is 3.01. The van der Waals surface area contributed by atoms with Crippen LogP contribution in [0.2, 0.25) is 0 Å². The smallest absolute Gasteiger partial charge is 0.254 e. The molecule has 2 fully saturated rings. The number of allylic oxidation sites excluding steroid dienone is 2. The van der Waals surface area contributed by atoms with Gasteiger partial charge in [0.1, 0.15) is 0 Å². The van der Waals surface area contributed by atoms with Crippen molar-refractivity contribution in [3.8, 4) is 11.5 Å². The van der Waals surface area contributed by atoms with Gasteiger partial charge in [-0.25, -0.2) is 0 Å². The minimum Gasteiger partial charge on any atom is -0.504 e. The molecular formula is C17H16N2O4. The molecule has 1 saturated carbocycles. The standard InChI is InChI=1S/C17H16N2O4/c20-12-6-1-9(7-13(12)21)8-18-19-16(22)14-10-2-3-11(5-4-10)15(14)17(19)23/h1-3,6-8,10-11,14-15,20-21H,4-5H2/b18-8-/t10-,11-,14-,15+/m0/s1. The molecule has 3 aliphatic carbocycles. The second-order valence-electron chi connectivity index (χ2n) is 6.32. The Labute approximate surface area is 132 Å². The lowest BCUT2D eigenvalue weighted by Gasteiger charge is -2.37. The van der Waals surface area contributed by atoms with Gasteiger partial charge in [-0.2, -0.15) is 10.1 Å². The summed E-state index contributed by atoms with van der Waals surface area (Å²) < 4.78 is 0. The number of hydrazone groups is 1. The Morgan fingerprint density at radius 3 is 2.13 bits per heavy atom. The van der Waals surface area contributed by atoms with Crippen molar-refractivity contribution >= 4 is 18.0 Å². The number of nitrogens with zero attached hydrogens (tertiary/aromatic N) is 2. The molecule has 4 atom stereocenters. The summed E-state index contributed by atoms with van der Waals surface area (Å²) in [4.78, 5) is 25.1. The number of hydrogen-bond acceptors (Lipinski definition) is 5. The number of phenolic OH excluding ortho intramolecular Hbond substituents is 2. The van der Waals surface area contributed by atoms with E-state index < -0.39 is 0 Å². The van der Waals surface area contributed by atoms with Crippen LogP contribution in [0.5, 0.6) is 11.5 Å². The van der Waals surface area contributed by atoms with Gasteiger partial charge in [0.05, 0.1) is 18.1 Å². The summed E-state index contributed by atoms with van der Waals surface area (Å²) in [5.74, 6) is -1.27. The first-order valence-corrected chi connectivity index (χ1v) is 7.68. The lowest BCUT2D eigenvalue weighted by Crippen LogP contribution is -2.38. The van der Waals surface area contributed by atoms with E-state index in [1.54, 1.807) is 6.07 Å². The first-order chi connectivity index (χ1) is 11.1. The molecule has 4 aliphatic rings. The van der Waals surface area contributed by atoms with Crippen molar-refractivity contribution in [3.05, 3.63) is 35.9 Å². The van der Waals surface area contributed by atoms with Gasteiger partial charge in [0.25, 0.3) is 11.8 Å². The van der Waals surface area contributed by atoms with Gasteiger partial charge in [-0.15, -0.1) is 0 Å². The van der Waals surface area contributed by atoms with Gasteiger partial charge in [-0.3, -0.25) is 9.59 Å². The zero-order chi connectivity index (χ0) is 16.1. The summed E-state index contributed by atoms with van der Waals surface area (Å²) in [5, 5.41) is 23.8. The van der Waals surface area contributed by atoms with Crippen LogP contribution in [-0.2, 0) is 9.59 Å². The highest BCUT2D eigenvalue weighted by Crippen LogP contribution is 2.49. The molecule has 6 heteroatoms. The molecule has 1 aromatic rings. The van der Waals surface area contributed by atoms with Crippen LogP contribution in [0.4, 0.5) is 0 Å². The molecule has 1 aromatic carbocycles. The highest BCUT2D eigenvalue weighted by molar-refractivity contribution is 6.06. The maximum atomic E-state index is 12.6. The Bertz CT molecular complexity index is 723. The topological polar surface area (TPSA) is 90.2 Å². The zero-order valence-electron chi connectivity index (χ0n) is 12.3. The average molecular weight is 312 g/mol. The second-order valence-corrected chi connectivity index (χ2v) is 6.32. The third kappa shape index (κ3) is 2.05. The van der Waals surface area contributed by atoms with E-state index in [4.69, 9.17) is 0 Å². The molecule has 2 amide bonds. The first kappa shape index (κ1) is 14.0. The minimum absolute atomic E-state index is 0.138. The van der Waals surface area contributed by atoms with Gasteiger partial charge in [0, 0.05) is 0 Å². The minimum atomic E-state index is -0.281. The molecule has 2 N–H and O–H groups in total. The van der Waals surface area contributed by atoms with Crippen LogP contribution in [0.25, 0.3) is 0 Å². The largest absolute Gasteiger partial charge is 0.504 e. The first-order valence-electron chi connectivity index (χ1n) is 7.68. The number of carbonyl (C=O) groups excluding carboxylic acids is 2. The van der Waals surface area contributed by atoms with Crippen molar-refractivity contribution in [2.45, 2.75) is 12.8 Å². The maximum Gasteiger partial charge on any atom is 0.254 e. The fourth-order valence-corrected chi connectivity index (χ4v) is 3.92. The summed E-state index contributed by atoms with van der Waals surface area (Å²) >= 11 is 0. The maximum absolute atomic E-state index is 12.6. The van der Waals surface area contributed by atoms with Crippen molar-refractivity contribution in [3.63, 3.8) is 0 Å². The molecule has 23 heavy (non-hydrogen) atoms. The Morgan fingerprint density at radius 2 is 1.61 bits per heavy atom. The van der Waals surface area contributed by atoms with Crippen LogP contribution in [0.3, 0.4) is 0 Å². The van der Waals surface area contributed by atoms with Crippen LogP contribution < -0.4 is 0 Å². The number of amides is 2. The lowest BCUT2D eigenvalue weighted by atomic mass is 9.63. The summed E-state index contributed by atoms with van der Waals surface area (Å²) in [6, 6.07) is 4.19. The third-order valence-electron chi connectivity index (χ3n) is 5.06. The van der Waals surface area contributed by atoms with Crippen LogP contribution in [0.15, 0.2) is 35.5 Å². The van der Waals surface area contributed by atoms with E-state index in [0.717, 1.165) is 17.9 Å². The fourth-order valence-electron chi connectivity index (χ4n) is 3.92. The van der Waals surface area contributed by atoms with Gasteiger partial charge in [-0.1, -0.05) is 12.2 Å². The number of carbonyl (C=O) groups is 2. The van der Waals surface area contributed by atoms with Crippen LogP contribution in [-0.4, -0.2) is 33.3 Å². The Hall–Kier alpha value is -2.63. The van der Waals surface area contributed by atoms with Crippen molar-refractivity contribution in [2.75, 3.05) is 0 Å². The summed E-state index contributed by atoms with van der Waals surface area (Å²) in [5.41, 5.74) is 0.497. The van der Waals surface area contributed by atoms with E-state index in [1.807, 2.05) is 0 Å². The number of imide groups is 1.